The number of hydrogen-bond donors (Lipinski definition) is 1. The molecule has 0 saturated heterocycles. The number of aromatic nitrogens is 4. The van der Waals surface area contributed by atoms with Gasteiger partial charge in [0.2, 0.25) is 0 Å². The van der Waals surface area contributed by atoms with E-state index in [-0.39, 0.29) is 5.91 Å². The van der Waals surface area contributed by atoms with Crippen molar-refractivity contribution < 1.29 is 4.79 Å². The standard InChI is InChI=1S/C26H20ClN5O/c1-15-20-13-17(14-28-25(20)32(31-15)18-6-3-2-4-7-18)29-26(33)24-19-8-5-9-22(19)30-23-11-10-16(27)12-21(23)24/h2-4,6-7,10-14H,5,8-9H2,1H3,(H,29,33). The second-order valence-electron chi connectivity index (χ2n) is 8.31. The van der Waals surface area contributed by atoms with Crippen LogP contribution in [-0.4, -0.2) is 25.7 Å². The van der Waals surface area contributed by atoms with Crippen molar-refractivity contribution in [2.45, 2.75) is 26.2 Å². The molecule has 0 bridgehead atoms. The summed E-state index contributed by atoms with van der Waals surface area (Å²) >= 11 is 6.26. The Labute approximate surface area is 195 Å². The number of rotatable bonds is 3. The highest BCUT2D eigenvalue weighted by molar-refractivity contribution is 6.31. The molecule has 3 heterocycles. The second-order valence-corrected chi connectivity index (χ2v) is 8.75. The number of anilines is 1. The van der Waals surface area contributed by atoms with E-state index in [1.165, 1.54) is 0 Å². The molecule has 3 aromatic heterocycles. The molecule has 7 heteroatoms. The van der Waals surface area contributed by atoms with Crippen molar-refractivity contribution in [2.24, 2.45) is 0 Å². The molecule has 0 spiro atoms. The number of carbonyl (C=O) groups excluding carboxylic acids is 1. The molecule has 1 aliphatic rings. The Kier molecular flexibility index (Phi) is 4.62. The predicted octanol–water partition coefficient (Wildman–Crippen LogP) is 5.67. The molecule has 6 rings (SSSR count). The van der Waals surface area contributed by atoms with Gasteiger partial charge in [-0.1, -0.05) is 29.8 Å². The van der Waals surface area contributed by atoms with Crippen molar-refractivity contribution in [3.05, 3.63) is 88.3 Å². The molecule has 0 atom stereocenters. The topological polar surface area (TPSA) is 72.7 Å². The average molecular weight is 454 g/mol. The third-order valence-corrected chi connectivity index (χ3v) is 6.40. The Balaban J connectivity index is 1.41. The summed E-state index contributed by atoms with van der Waals surface area (Å²) in [5.41, 5.74) is 6.63. The molecule has 33 heavy (non-hydrogen) atoms. The van der Waals surface area contributed by atoms with Crippen LogP contribution < -0.4 is 5.32 Å². The van der Waals surface area contributed by atoms with E-state index in [4.69, 9.17) is 16.6 Å². The zero-order valence-corrected chi connectivity index (χ0v) is 18.7. The summed E-state index contributed by atoms with van der Waals surface area (Å²) in [5, 5.41) is 9.97. The lowest BCUT2D eigenvalue weighted by Gasteiger charge is -2.13. The Morgan fingerprint density at radius 3 is 2.76 bits per heavy atom. The molecule has 0 fully saturated rings. The van der Waals surface area contributed by atoms with Gasteiger partial charge in [0, 0.05) is 21.5 Å². The number of halogens is 1. The number of amides is 1. The minimum absolute atomic E-state index is 0.169. The minimum Gasteiger partial charge on any atom is -0.321 e. The molecule has 0 aliphatic heterocycles. The van der Waals surface area contributed by atoms with Crippen LogP contribution in [-0.2, 0) is 12.8 Å². The molecule has 162 valence electrons. The van der Waals surface area contributed by atoms with Gasteiger partial charge in [0.1, 0.15) is 0 Å². The van der Waals surface area contributed by atoms with Crippen LogP contribution in [0.2, 0.25) is 5.02 Å². The van der Waals surface area contributed by atoms with Crippen molar-refractivity contribution >= 4 is 45.1 Å². The largest absolute Gasteiger partial charge is 0.321 e. The quantitative estimate of drug-likeness (QED) is 0.382. The maximum atomic E-state index is 13.5. The molecule has 1 amide bonds. The number of para-hydroxylation sites is 1. The Morgan fingerprint density at radius 2 is 1.91 bits per heavy atom. The zero-order valence-electron chi connectivity index (χ0n) is 18.0. The van der Waals surface area contributed by atoms with E-state index in [9.17, 15) is 4.79 Å². The summed E-state index contributed by atoms with van der Waals surface area (Å²) < 4.78 is 1.82. The second kappa shape index (κ2) is 7.67. The molecule has 0 saturated carbocycles. The zero-order chi connectivity index (χ0) is 22.5. The normalized spacial score (nSPS) is 12.9. The van der Waals surface area contributed by atoms with E-state index in [0.29, 0.717) is 16.3 Å². The number of benzene rings is 2. The van der Waals surface area contributed by atoms with Gasteiger partial charge in [-0.05, 0) is 68.1 Å². The van der Waals surface area contributed by atoms with E-state index >= 15 is 0 Å². The first-order valence-corrected chi connectivity index (χ1v) is 11.3. The van der Waals surface area contributed by atoms with Gasteiger partial charge in [-0.25, -0.2) is 9.67 Å². The molecule has 1 aliphatic carbocycles. The van der Waals surface area contributed by atoms with Crippen molar-refractivity contribution in [2.75, 3.05) is 5.32 Å². The van der Waals surface area contributed by atoms with Crippen molar-refractivity contribution in [3.63, 3.8) is 0 Å². The number of pyridine rings is 2. The van der Waals surface area contributed by atoms with E-state index in [0.717, 1.165) is 63.8 Å². The van der Waals surface area contributed by atoms with Gasteiger partial charge in [0.25, 0.3) is 5.91 Å². The first-order valence-electron chi connectivity index (χ1n) is 10.9. The minimum atomic E-state index is -0.169. The van der Waals surface area contributed by atoms with E-state index in [2.05, 4.69) is 15.4 Å². The molecule has 0 radical (unpaired) electrons. The third kappa shape index (κ3) is 3.34. The predicted molar refractivity (Wildman–Crippen MR) is 130 cm³/mol. The number of nitrogens with one attached hydrogen (secondary N) is 1. The van der Waals surface area contributed by atoms with Gasteiger partial charge in [0.05, 0.1) is 34.3 Å². The number of carbonyl (C=O) groups is 1. The van der Waals surface area contributed by atoms with Crippen LogP contribution in [0, 0.1) is 6.92 Å². The summed E-state index contributed by atoms with van der Waals surface area (Å²) in [4.78, 5) is 22.9. The summed E-state index contributed by atoms with van der Waals surface area (Å²) in [6.07, 6.45) is 4.41. The number of nitrogens with zero attached hydrogens (tertiary/aromatic N) is 4. The van der Waals surface area contributed by atoms with Crippen LogP contribution in [0.5, 0.6) is 0 Å². The Morgan fingerprint density at radius 1 is 1.06 bits per heavy atom. The van der Waals surface area contributed by atoms with E-state index in [1.54, 1.807) is 6.20 Å². The lowest BCUT2D eigenvalue weighted by molar-refractivity contribution is 0.102. The number of hydrogen-bond acceptors (Lipinski definition) is 4. The highest BCUT2D eigenvalue weighted by Crippen LogP contribution is 2.32. The molecule has 5 aromatic rings. The van der Waals surface area contributed by atoms with Crippen LogP contribution >= 0.6 is 11.6 Å². The van der Waals surface area contributed by atoms with E-state index < -0.39 is 0 Å². The van der Waals surface area contributed by atoms with Gasteiger partial charge in [-0.15, -0.1) is 0 Å². The van der Waals surface area contributed by atoms with Gasteiger partial charge in [0.15, 0.2) is 5.65 Å². The van der Waals surface area contributed by atoms with Crippen molar-refractivity contribution in [1.29, 1.82) is 0 Å². The summed E-state index contributed by atoms with van der Waals surface area (Å²) in [5.74, 6) is -0.169. The van der Waals surface area contributed by atoms with Crippen LogP contribution in [0.4, 0.5) is 5.69 Å². The fourth-order valence-electron chi connectivity index (χ4n) is 4.65. The van der Waals surface area contributed by atoms with Crippen LogP contribution in [0.15, 0.2) is 60.8 Å². The first kappa shape index (κ1) is 19.9. The summed E-state index contributed by atoms with van der Waals surface area (Å²) in [6.45, 7) is 1.94. The number of aryl methyl sites for hydroxylation is 2. The Bertz CT molecular complexity index is 1560. The highest BCUT2D eigenvalue weighted by atomic mass is 35.5. The van der Waals surface area contributed by atoms with E-state index in [1.807, 2.05) is 66.2 Å². The molecular weight excluding hydrogens is 434 g/mol. The lowest BCUT2D eigenvalue weighted by Crippen LogP contribution is -2.16. The maximum Gasteiger partial charge on any atom is 0.256 e. The van der Waals surface area contributed by atoms with Crippen LogP contribution in [0.1, 0.15) is 33.7 Å². The van der Waals surface area contributed by atoms with Gasteiger partial charge in [-0.2, -0.15) is 5.10 Å². The fourth-order valence-corrected chi connectivity index (χ4v) is 4.82. The maximum absolute atomic E-state index is 13.5. The third-order valence-electron chi connectivity index (χ3n) is 6.17. The van der Waals surface area contributed by atoms with Gasteiger partial charge >= 0.3 is 0 Å². The van der Waals surface area contributed by atoms with Gasteiger partial charge < -0.3 is 5.32 Å². The average Bonchev–Trinajstić information content (AvgIpc) is 3.42. The molecular formula is C26H20ClN5O. The molecule has 1 N–H and O–H groups in total. The summed E-state index contributed by atoms with van der Waals surface area (Å²) in [7, 11) is 0. The lowest BCUT2D eigenvalue weighted by atomic mass is 10.0. The fraction of sp³-hybridized carbons (Fsp3) is 0.154. The number of fused-ring (bicyclic) bond motifs is 3. The first-order chi connectivity index (χ1) is 16.1. The monoisotopic (exact) mass is 453 g/mol. The van der Waals surface area contributed by atoms with Crippen molar-refractivity contribution in [3.8, 4) is 5.69 Å². The molecule has 2 aromatic carbocycles. The molecule has 6 nitrogen and oxygen atoms in total. The Hall–Kier alpha value is -3.77. The van der Waals surface area contributed by atoms with Crippen molar-refractivity contribution in [1.82, 2.24) is 19.7 Å². The molecule has 0 unspecified atom stereocenters. The van der Waals surface area contributed by atoms with Crippen LogP contribution in [0.3, 0.4) is 0 Å². The SMILES string of the molecule is Cc1nn(-c2ccccc2)c2ncc(NC(=O)c3c4c(nc5ccc(Cl)cc35)CCC4)cc12. The smallest absolute Gasteiger partial charge is 0.256 e. The van der Waals surface area contributed by atoms with Crippen LogP contribution in [0.25, 0.3) is 27.6 Å². The highest BCUT2D eigenvalue weighted by Gasteiger charge is 2.24. The van der Waals surface area contributed by atoms with Gasteiger partial charge in [-0.3, -0.25) is 9.78 Å². The summed E-state index contributed by atoms with van der Waals surface area (Å²) in [6, 6.07) is 17.3.